The Kier molecular flexibility index (Phi) is 9.30. The van der Waals surface area contributed by atoms with Crippen molar-refractivity contribution in [3.63, 3.8) is 0 Å². The van der Waals surface area contributed by atoms with Gasteiger partial charge in [-0.25, -0.2) is 13.2 Å². The SMILES string of the molecule is CC[Si](CC)(CC)O[C@H]1[C@@H](C)[C@@H](C(=O)OC)O[C@@H](CCS(=O)(=O)c2ccccc2)[C@H]1C. The molecule has 0 aliphatic carbocycles. The van der Waals surface area contributed by atoms with E-state index in [2.05, 4.69) is 27.7 Å². The summed E-state index contributed by atoms with van der Waals surface area (Å²) in [6.45, 7) is 10.6. The highest BCUT2D eigenvalue weighted by Crippen LogP contribution is 2.38. The van der Waals surface area contributed by atoms with Gasteiger partial charge in [-0.1, -0.05) is 52.8 Å². The fraction of sp³-hybridized carbons (Fsp3) is 0.696. The molecule has 0 radical (unpaired) electrons. The largest absolute Gasteiger partial charge is 0.467 e. The van der Waals surface area contributed by atoms with Gasteiger partial charge < -0.3 is 13.9 Å². The minimum absolute atomic E-state index is 0.0293. The highest BCUT2D eigenvalue weighted by atomic mass is 32.2. The van der Waals surface area contributed by atoms with Crippen LogP contribution in [0.15, 0.2) is 35.2 Å². The van der Waals surface area contributed by atoms with Crippen molar-refractivity contribution in [3.8, 4) is 0 Å². The van der Waals surface area contributed by atoms with Crippen LogP contribution in [-0.2, 0) is 28.5 Å². The van der Waals surface area contributed by atoms with E-state index >= 15 is 0 Å². The molecule has 6 nitrogen and oxygen atoms in total. The van der Waals surface area contributed by atoms with Gasteiger partial charge in [-0.3, -0.25) is 0 Å². The Morgan fingerprint density at radius 2 is 1.61 bits per heavy atom. The third-order valence-corrected chi connectivity index (χ3v) is 13.3. The second-order valence-corrected chi connectivity index (χ2v) is 15.4. The first-order valence-electron chi connectivity index (χ1n) is 11.3. The fourth-order valence-corrected chi connectivity index (χ4v) is 8.89. The van der Waals surface area contributed by atoms with Gasteiger partial charge in [0.2, 0.25) is 0 Å². The Bertz CT molecular complexity index is 800. The zero-order valence-electron chi connectivity index (χ0n) is 19.7. The summed E-state index contributed by atoms with van der Waals surface area (Å²) < 4.78 is 43.5. The molecular weight excluding hydrogens is 432 g/mol. The van der Waals surface area contributed by atoms with Gasteiger partial charge in [0.25, 0.3) is 0 Å². The molecule has 5 atom stereocenters. The van der Waals surface area contributed by atoms with Crippen LogP contribution in [0, 0.1) is 11.8 Å². The molecular formula is C23H38O6SSi. The minimum atomic E-state index is -3.43. The van der Waals surface area contributed by atoms with Crippen LogP contribution in [0.2, 0.25) is 18.1 Å². The van der Waals surface area contributed by atoms with E-state index in [9.17, 15) is 13.2 Å². The standard InChI is InChI=1S/C23H38O6SSi/c1-7-31(8-2,9-3)29-21-17(4)20(28-22(18(21)5)23(24)27-6)15-16-30(25,26)19-13-11-10-12-14-19/h10-14,17-18,20-22H,7-9,15-16H2,1-6H3/t17-,18-,20+,21-,22+/m1/s1. The predicted octanol–water partition coefficient (Wildman–Crippen LogP) is 4.45. The summed E-state index contributed by atoms with van der Waals surface area (Å²) >= 11 is 0. The number of esters is 1. The molecule has 1 saturated heterocycles. The van der Waals surface area contributed by atoms with Crippen LogP contribution >= 0.6 is 0 Å². The van der Waals surface area contributed by atoms with Crippen molar-refractivity contribution < 1.29 is 27.1 Å². The van der Waals surface area contributed by atoms with E-state index in [4.69, 9.17) is 13.9 Å². The second-order valence-electron chi connectivity index (χ2n) is 8.58. The lowest BCUT2D eigenvalue weighted by Gasteiger charge is -2.47. The number of benzene rings is 1. The topological polar surface area (TPSA) is 78.9 Å². The molecule has 0 saturated carbocycles. The van der Waals surface area contributed by atoms with Crippen LogP contribution < -0.4 is 0 Å². The molecule has 1 aromatic rings. The maximum atomic E-state index is 12.8. The van der Waals surface area contributed by atoms with E-state index in [-0.39, 0.29) is 23.7 Å². The molecule has 176 valence electrons. The summed E-state index contributed by atoms with van der Waals surface area (Å²) in [5, 5.41) is 0. The number of hydrogen-bond donors (Lipinski definition) is 0. The highest BCUT2D eigenvalue weighted by Gasteiger charge is 2.48. The zero-order valence-corrected chi connectivity index (χ0v) is 21.5. The Morgan fingerprint density at radius 1 is 1.03 bits per heavy atom. The first-order valence-corrected chi connectivity index (χ1v) is 15.5. The summed E-state index contributed by atoms with van der Waals surface area (Å²) in [5.41, 5.74) is 0. The van der Waals surface area contributed by atoms with Crippen LogP contribution in [0.1, 0.15) is 41.0 Å². The van der Waals surface area contributed by atoms with Gasteiger partial charge >= 0.3 is 5.97 Å². The normalized spacial score (nSPS) is 27.1. The molecule has 0 spiro atoms. The summed E-state index contributed by atoms with van der Waals surface area (Å²) in [6.07, 6.45) is -1.03. The van der Waals surface area contributed by atoms with Gasteiger partial charge in [-0.15, -0.1) is 0 Å². The van der Waals surface area contributed by atoms with Gasteiger partial charge in [0.1, 0.15) is 0 Å². The van der Waals surface area contributed by atoms with Crippen molar-refractivity contribution in [1.29, 1.82) is 0 Å². The number of ether oxygens (including phenoxy) is 2. The quantitative estimate of drug-likeness (QED) is 0.371. The smallest absolute Gasteiger partial charge is 0.335 e. The van der Waals surface area contributed by atoms with Crippen molar-refractivity contribution in [2.24, 2.45) is 11.8 Å². The molecule has 0 aromatic heterocycles. The summed E-state index contributed by atoms with van der Waals surface area (Å²) in [4.78, 5) is 12.8. The van der Waals surface area contributed by atoms with E-state index < -0.39 is 36.3 Å². The van der Waals surface area contributed by atoms with Crippen molar-refractivity contribution in [2.45, 2.75) is 82.4 Å². The first-order chi connectivity index (χ1) is 14.6. The molecule has 0 unspecified atom stereocenters. The summed E-state index contributed by atoms with van der Waals surface area (Å²) in [7, 11) is -4.01. The number of carbonyl (C=O) groups excluding carboxylic acids is 1. The number of sulfone groups is 1. The fourth-order valence-electron chi connectivity index (χ4n) is 4.54. The molecule has 1 heterocycles. The number of methoxy groups -OCH3 is 1. The molecule has 8 heteroatoms. The van der Waals surface area contributed by atoms with E-state index in [0.717, 1.165) is 18.1 Å². The lowest BCUT2D eigenvalue weighted by Crippen LogP contribution is -2.56. The average molecular weight is 471 g/mol. The molecule has 0 N–H and O–H groups in total. The number of hydrogen-bond acceptors (Lipinski definition) is 6. The van der Waals surface area contributed by atoms with Gasteiger partial charge in [0.15, 0.2) is 24.3 Å². The lowest BCUT2D eigenvalue weighted by atomic mass is 9.82. The molecule has 1 aliphatic rings. The highest BCUT2D eigenvalue weighted by molar-refractivity contribution is 7.91. The molecule has 2 rings (SSSR count). The van der Waals surface area contributed by atoms with Crippen LogP contribution in [0.25, 0.3) is 0 Å². The molecule has 0 bridgehead atoms. The Balaban J connectivity index is 2.26. The molecule has 1 aromatic carbocycles. The Labute approximate surface area is 188 Å². The average Bonchev–Trinajstić information content (AvgIpc) is 2.79. The minimum Gasteiger partial charge on any atom is -0.467 e. The molecule has 1 fully saturated rings. The van der Waals surface area contributed by atoms with Gasteiger partial charge in [0, 0.05) is 11.8 Å². The van der Waals surface area contributed by atoms with Crippen molar-refractivity contribution >= 4 is 24.1 Å². The lowest BCUT2D eigenvalue weighted by molar-refractivity contribution is -0.190. The number of carbonyl (C=O) groups is 1. The third-order valence-electron chi connectivity index (χ3n) is 6.95. The van der Waals surface area contributed by atoms with Crippen molar-refractivity contribution in [3.05, 3.63) is 30.3 Å². The first kappa shape index (κ1) is 26.0. The van der Waals surface area contributed by atoms with Gasteiger partial charge in [0.05, 0.1) is 30.0 Å². The third kappa shape index (κ3) is 5.97. The van der Waals surface area contributed by atoms with E-state index in [1.165, 1.54) is 7.11 Å². The molecule has 1 aliphatic heterocycles. The summed E-state index contributed by atoms with van der Waals surface area (Å²) in [5.74, 6) is -0.668. The van der Waals surface area contributed by atoms with Crippen LogP contribution in [0.4, 0.5) is 0 Å². The van der Waals surface area contributed by atoms with Crippen LogP contribution in [-0.4, -0.2) is 53.9 Å². The molecule has 31 heavy (non-hydrogen) atoms. The monoisotopic (exact) mass is 470 g/mol. The van der Waals surface area contributed by atoms with Gasteiger partial charge in [-0.05, 0) is 36.7 Å². The van der Waals surface area contributed by atoms with E-state index in [0.29, 0.717) is 11.3 Å². The van der Waals surface area contributed by atoms with Crippen molar-refractivity contribution in [2.75, 3.05) is 12.9 Å². The van der Waals surface area contributed by atoms with Crippen LogP contribution in [0.3, 0.4) is 0 Å². The predicted molar refractivity (Wildman–Crippen MR) is 124 cm³/mol. The van der Waals surface area contributed by atoms with E-state index in [1.807, 2.05) is 6.92 Å². The Hall–Kier alpha value is -1.22. The second kappa shape index (κ2) is 11.1. The zero-order chi connectivity index (χ0) is 23.2. The van der Waals surface area contributed by atoms with Crippen LogP contribution in [0.5, 0.6) is 0 Å². The van der Waals surface area contributed by atoms with E-state index in [1.54, 1.807) is 30.3 Å². The summed E-state index contributed by atoms with van der Waals surface area (Å²) in [6, 6.07) is 11.5. The maximum absolute atomic E-state index is 12.8. The number of rotatable bonds is 10. The maximum Gasteiger partial charge on any atom is 0.335 e. The molecule has 0 amide bonds. The van der Waals surface area contributed by atoms with Gasteiger partial charge in [-0.2, -0.15) is 0 Å². The van der Waals surface area contributed by atoms with Crippen molar-refractivity contribution in [1.82, 2.24) is 0 Å². The Morgan fingerprint density at radius 3 is 2.13 bits per heavy atom.